The van der Waals surface area contributed by atoms with Gasteiger partial charge in [-0.15, -0.1) is 0 Å². The van der Waals surface area contributed by atoms with Crippen LogP contribution in [0.1, 0.15) is 13.8 Å². The van der Waals surface area contributed by atoms with Crippen LogP contribution in [0.15, 0.2) is 12.7 Å². The van der Waals surface area contributed by atoms with Crippen molar-refractivity contribution in [2.24, 2.45) is 0 Å². The van der Waals surface area contributed by atoms with E-state index in [2.05, 4.69) is 11.9 Å². The number of amides is 1. The summed E-state index contributed by atoms with van der Waals surface area (Å²) in [5, 5.41) is 11.7. The van der Waals surface area contributed by atoms with E-state index in [4.69, 9.17) is 24.1 Å². The van der Waals surface area contributed by atoms with Crippen LogP contribution >= 0.6 is 0 Å². The van der Waals surface area contributed by atoms with Gasteiger partial charge in [-0.25, -0.2) is 0 Å². The van der Waals surface area contributed by atoms with Gasteiger partial charge in [0.1, 0.15) is 0 Å². The number of nitrogens with one attached hydrogen (secondary N) is 1. The summed E-state index contributed by atoms with van der Waals surface area (Å²) in [7, 11) is 0. The van der Waals surface area contributed by atoms with Crippen molar-refractivity contribution in [2.75, 3.05) is 52.8 Å². The second-order valence-corrected chi connectivity index (χ2v) is 4.79. The summed E-state index contributed by atoms with van der Waals surface area (Å²) in [4.78, 5) is 10.8. The summed E-state index contributed by atoms with van der Waals surface area (Å²) in [6, 6.07) is 0. The van der Waals surface area contributed by atoms with Crippen LogP contribution in [0, 0.1) is 0 Å². The largest absolute Gasteiger partial charge is 0.391 e. The Bertz CT molecular complexity index is 285. The van der Waals surface area contributed by atoms with Gasteiger partial charge in [0.2, 0.25) is 5.91 Å². The van der Waals surface area contributed by atoms with Crippen molar-refractivity contribution in [1.82, 2.24) is 5.32 Å². The molecule has 0 saturated carbocycles. The number of rotatable bonds is 15. The van der Waals surface area contributed by atoms with Gasteiger partial charge in [0.25, 0.3) is 0 Å². The number of aliphatic hydroxyl groups is 1. The van der Waals surface area contributed by atoms with Crippen LogP contribution in [0.25, 0.3) is 0 Å². The number of ether oxygens (including phenoxy) is 4. The highest BCUT2D eigenvalue weighted by atomic mass is 16.6. The van der Waals surface area contributed by atoms with E-state index in [9.17, 15) is 4.79 Å². The van der Waals surface area contributed by atoms with Crippen molar-refractivity contribution < 1.29 is 28.8 Å². The second kappa shape index (κ2) is 14.9. The van der Waals surface area contributed by atoms with Crippen molar-refractivity contribution >= 4 is 5.91 Å². The van der Waals surface area contributed by atoms with E-state index < -0.39 is 6.10 Å². The molecular formula is C15H29NO6. The number of carbonyl (C=O) groups is 1. The fraction of sp³-hybridized carbons (Fsp3) is 0.800. The van der Waals surface area contributed by atoms with Gasteiger partial charge < -0.3 is 29.4 Å². The molecule has 0 aliphatic heterocycles. The standard InChI is InChI=1S/C15H29NO6/c1-4-15(18)16-5-6-19-7-8-20-9-10-21-12-14(3)22-11-13(2)17/h4,13-14,17H,1,5-12H2,2-3H3,(H,16,18). The van der Waals surface area contributed by atoms with Crippen LogP contribution in [-0.4, -0.2) is 76.0 Å². The molecule has 130 valence electrons. The lowest BCUT2D eigenvalue weighted by atomic mass is 10.4. The molecule has 0 aliphatic carbocycles. The SMILES string of the molecule is C=CC(=O)NCCOCCOCCOCC(C)OCC(C)O. The molecule has 0 spiro atoms. The average Bonchev–Trinajstić information content (AvgIpc) is 2.50. The molecule has 22 heavy (non-hydrogen) atoms. The first kappa shape index (κ1) is 21.0. The summed E-state index contributed by atoms with van der Waals surface area (Å²) in [5.74, 6) is -0.205. The molecule has 0 aromatic rings. The normalized spacial score (nSPS) is 13.6. The Kier molecular flexibility index (Phi) is 14.3. The summed E-state index contributed by atoms with van der Waals surface area (Å²) < 4.78 is 21.3. The molecule has 7 heteroatoms. The number of hydrogen-bond acceptors (Lipinski definition) is 6. The van der Waals surface area contributed by atoms with Gasteiger partial charge in [-0.3, -0.25) is 4.79 Å². The summed E-state index contributed by atoms with van der Waals surface area (Å²) in [6.45, 7) is 10.5. The molecule has 0 bridgehead atoms. The Morgan fingerprint density at radius 2 is 1.68 bits per heavy atom. The van der Waals surface area contributed by atoms with E-state index >= 15 is 0 Å². The highest BCUT2D eigenvalue weighted by Crippen LogP contribution is 1.94. The summed E-state index contributed by atoms with van der Waals surface area (Å²) in [5.41, 5.74) is 0. The fourth-order valence-electron chi connectivity index (χ4n) is 1.36. The molecule has 2 unspecified atom stereocenters. The van der Waals surface area contributed by atoms with E-state index in [-0.39, 0.29) is 12.0 Å². The molecule has 0 radical (unpaired) electrons. The second-order valence-electron chi connectivity index (χ2n) is 4.79. The van der Waals surface area contributed by atoms with Crippen LogP contribution in [0.2, 0.25) is 0 Å². The van der Waals surface area contributed by atoms with Gasteiger partial charge in [0.15, 0.2) is 0 Å². The maximum absolute atomic E-state index is 10.8. The predicted molar refractivity (Wildman–Crippen MR) is 82.8 cm³/mol. The van der Waals surface area contributed by atoms with Crippen LogP contribution < -0.4 is 5.32 Å². The molecule has 0 aliphatic rings. The topological polar surface area (TPSA) is 86.3 Å². The summed E-state index contributed by atoms with van der Waals surface area (Å²) in [6.07, 6.45) is 0.707. The molecule has 0 saturated heterocycles. The van der Waals surface area contributed by atoms with Gasteiger partial charge in [0, 0.05) is 6.54 Å². The van der Waals surface area contributed by atoms with Crippen molar-refractivity contribution in [3.8, 4) is 0 Å². The quantitative estimate of drug-likeness (QED) is 0.329. The zero-order valence-electron chi connectivity index (χ0n) is 13.6. The van der Waals surface area contributed by atoms with Gasteiger partial charge in [-0.05, 0) is 19.9 Å². The van der Waals surface area contributed by atoms with Crippen LogP contribution in [0.4, 0.5) is 0 Å². The van der Waals surface area contributed by atoms with Gasteiger partial charge in [-0.1, -0.05) is 6.58 Å². The highest BCUT2D eigenvalue weighted by Gasteiger charge is 2.04. The fourth-order valence-corrected chi connectivity index (χ4v) is 1.36. The highest BCUT2D eigenvalue weighted by molar-refractivity contribution is 5.86. The third kappa shape index (κ3) is 15.4. The van der Waals surface area contributed by atoms with Crippen molar-refractivity contribution in [3.63, 3.8) is 0 Å². The van der Waals surface area contributed by atoms with E-state index in [1.54, 1.807) is 6.92 Å². The third-order valence-electron chi connectivity index (χ3n) is 2.45. The molecular weight excluding hydrogens is 290 g/mol. The number of carbonyl (C=O) groups excluding carboxylic acids is 1. The first-order valence-corrected chi connectivity index (χ1v) is 7.49. The minimum atomic E-state index is -0.462. The Morgan fingerprint density at radius 3 is 2.27 bits per heavy atom. The maximum Gasteiger partial charge on any atom is 0.243 e. The lowest BCUT2D eigenvalue weighted by Crippen LogP contribution is -2.25. The lowest BCUT2D eigenvalue weighted by Gasteiger charge is -2.14. The molecule has 0 fully saturated rings. The number of aliphatic hydroxyl groups excluding tert-OH is 1. The number of hydrogen-bond donors (Lipinski definition) is 2. The summed E-state index contributed by atoms with van der Waals surface area (Å²) >= 11 is 0. The molecule has 0 heterocycles. The zero-order chi connectivity index (χ0) is 16.6. The molecule has 0 aromatic carbocycles. The molecule has 0 aromatic heterocycles. The first-order chi connectivity index (χ1) is 10.6. The molecule has 1 amide bonds. The third-order valence-corrected chi connectivity index (χ3v) is 2.45. The van der Waals surface area contributed by atoms with Crippen molar-refractivity contribution in [3.05, 3.63) is 12.7 Å². The van der Waals surface area contributed by atoms with E-state index in [1.807, 2.05) is 6.92 Å². The zero-order valence-corrected chi connectivity index (χ0v) is 13.6. The predicted octanol–water partition coefficient (Wildman–Crippen LogP) is 0.124. The maximum atomic E-state index is 10.8. The van der Waals surface area contributed by atoms with Crippen molar-refractivity contribution in [2.45, 2.75) is 26.1 Å². The Balaban J connectivity index is 3.17. The molecule has 0 rings (SSSR count). The minimum absolute atomic E-state index is 0.0521. The molecule has 2 atom stereocenters. The average molecular weight is 319 g/mol. The van der Waals surface area contributed by atoms with E-state index in [0.29, 0.717) is 52.8 Å². The van der Waals surface area contributed by atoms with E-state index in [0.717, 1.165) is 0 Å². The van der Waals surface area contributed by atoms with Gasteiger partial charge >= 0.3 is 0 Å². The molecule has 7 nitrogen and oxygen atoms in total. The molecule has 2 N–H and O–H groups in total. The minimum Gasteiger partial charge on any atom is -0.391 e. The Labute approximate surface area is 132 Å². The monoisotopic (exact) mass is 319 g/mol. The van der Waals surface area contributed by atoms with Gasteiger partial charge in [-0.2, -0.15) is 0 Å². The van der Waals surface area contributed by atoms with Crippen LogP contribution in [-0.2, 0) is 23.7 Å². The van der Waals surface area contributed by atoms with Gasteiger partial charge in [0.05, 0.1) is 58.5 Å². The van der Waals surface area contributed by atoms with Crippen LogP contribution in [0.3, 0.4) is 0 Å². The Morgan fingerprint density at radius 1 is 1.09 bits per heavy atom. The Hall–Kier alpha value is -0.990. The van der Waals surface area contributed by atoms with Crippen LogP contribution in [0.5, 0.6) is 0 Å². The van der Waals surface area contributed by atoms with E-state index in [1.165, 1.54) is 6.08 Å². The first-order valence-electron chi connectivity index (χ1n) is 7.49. The lowest BCUT2D eigenvalue weighted by molar-refractivity contribution is -0.116. The van der Waals surface area contributed by atoms with Crippen molar-refractivity contribution in [1.29, 1.82) is 0 Å². The smallest absolute Gasteiger partial charge is 0.243 e.